The van der Waals surface area contributed by atoms with Crippen LogP contribution in [0, 0.1) is 0 Å². The van der Waals surface area contributed by atoms with E-state index in [0.29, 0.717) is 4.88 Å². The molecule has 1 amide bonds. The van der Waals surface area contributed by atoms with Gasteiger partial charge in [-0.05, 0) is 48.2 Å². The van der Waals surface area contributed by atoms with E-state index in [1.54, 1.807) is 13.2 Å². The fourth-order valence-electron chi connectivity index (χ4n) is 1.49. The van der Waals surface area contributed by atoms with Crippen LogP contribution in [0.25, 0.3) is 0 Å². The van der Waals surface area contributed by atoms with E-state index in [9.17, 15) is 4.79 Å². The third-order valence-electron chi connectivity index (χ3n) is 2.58. The van der Waals surface area contributed by atoms with Gasteiger partial charge in [-0.1, -0.05) is 6.07 Å². The maximum absolute atomic E-state index is 11.7. The minimum Gasteiger partial charge on any atom is -0.497 e. The largest absolute Gasteiger partial charge is 0.497 e. The topological polar surface area (TPSA) is 50.7 Å². The van der Waals surface area contributed by atoms with E-state index in [-0.39, 0.29) is 5.91 Å². The van der Waals surface area contributed by atoms with Gasteiger partial charge in [0, 0.05) is 0 Å². The molecule has 0 atom stereocenters. The summed E-state index contributed by atoms with van der Waals surface area (Å²) >= 11 is 1.39. The maximum Gasteiger partial charge on any atom is 0.281 e. The minimum atomic E-state index is -0.192. The number of carbonyl (C=O) groups excluding carboxylic acids is 1. The summed E-state index contributed by atoms with van der Waals surface area (Å²) in [5.74, 6) is 0.599. The molecule has 5 heteroatoms. The average Bonchev–Trinajstić information content (AvgIpc) is 2.98. The zero-order chi connectivity index (χ0) is 13.7. The average molecular weight is 274 g/mol. The standard InChI is InChI=1S/C14H14N2O2S/c1-10(11-5-7-12(18-2)8-6-11)15-16-14(17)13-4-3-9-19-13/h3-9H,1-2H3,(H,16,17). The van der Waals surface area contributed by atoms with Crippen LogP contribution in [0.1, 0.15) is 22.2 Å². The Morgan fingerprint density at radius 2 is 2.00 bits per heavy atom. The number of benzene rings is 1. The minimum absolute atomic E-state index is 0.192. The Kier molecular flexibility index (Phi) is 4.30. The van der Waals surface area contributed by atoms with Crippen LogP contribution in [0.5, 0.6) is 5.75 Å². The summed E-state index contributed by atoms with van der Waals surface area (Å²) in [4.78, 5) is 12.4. The summed E-state index contributed by atoms with van der Waals surface area (Å²) in [5.41, 5.74) is 4.22. The number of ether oxygens (including phenoxy) is 1. The summed E-state index contributed by atoms with van der Waals surface area (Å²) in [6, 6.07) is 11.1. The van der Waals surface area contributed by atoms with Crippen molar-refractivity contribution < 1.29 is 9.53 Å². The van der Waals surface area contributed by atoms with Crippen LogP contribution in [0.3, 0.4) is 0 Å². The molecule has 1 heterocycles. The van der Waals surface area contributed by atoms with Gasteiger partial charge in [0.2, 0.25) is 0 Å². The van der Waals surface area contributed by atoms with Crippen molar-refractivity contribution in [1.82, 2.24) is 5.43 Å². The van der Waals surface area contributed by atoms with E-state index in [4.69, 9.17) is 4.74 Å². The molecule has 0 spiro atoms. The van der Waals surface area contributed by atoms with Crippen molar-refractivity contribution in [2.75, 3.05) is 7.11 Å². The summed E-state index contributed by atoms with van der Waals surface area (Å²) in [6.45, 7) is 1.84. The van der Waals surface area contributed by atoms with E-state index in [1.165, 1.54) is 11.3 Å². The van der Waals surface area contributed by atoms with Gasteiger partial charge in [0.25, 0.3) is 5.91 Å². The maximum atomic E-state index is 11.7. The number of methoxy groups -OCH3 is 1. The predicted molar refractivity (Wildman–Crippen MR) is 77.0 cm³/mol. The molecule has 0 radical (unpaired) electrons. The molecule has 0 unspecified atom stereocenters. The molecule has 0 saturated carbocycles. The summed E-state index contributed by atoms with van der Waals surface area (Å²) in [6.07, 6.45) is 0. The molecule has 19 heavy (non-hydrogen) atoms. The number of thiophene rings is 1. The van der Waals surface area contributed by atoms with Gasteiger partial charge in [0.15, 0.2) is 0 Å². The number of nitrogens with zero attached hydrogens (tertiary/aromatic N) is 1. The molecule has 2 aromatic rings. The number of rotatable bonds is 4. The van der Waals surface area contributed by atoms with Gasteiger partial charge in [0.05, 0.1) is 17.7 Å². The number of hydrogen-bond donors (Lipinski definition) is 1. The lowest BCUT2D eigenvalue weighted by atomic mass is 10.1. The third kappa shape index (κ3) is 3.42. The first-order chi connectivity index (χ1) is 9.20. The van der Waals surface area contributed by atoms with Gasteiger partial charge in [-0.25, -0.2) is 5.43 Å². The van der Waals surface area contributed by atoms with Gasteiger partial charge in [0.1, 0.15) is 5.75 Å². The Balaban J connectivity index is 2.04. The van der Waals surface area contributed by atoms with Gasteiger partial charge in [-0.3, -0.25) is 4.79 Å². The Labute approximate surface area is 115 Å². The molecule has 0 aliphatic carbocycles. The molecular weight excluding hydrogens is 260 g/mol. The van der Waals surface area contributed by atoms with Crippen LogP contribution < -0.4 is 10.2 Å². The highest BCUT2D eigenvalue weighted by atomic mass is 32.1. The van der Waals surface area contributed by atoms with E-state index >= 15 is 0 Å². The molecule has 0 aliphatic rings. The van der Waals surface area contributed by atoms with Gasteiger partial charge < -0.3 is 4.74 Å². The van der Waals surface area contributed by atoms with Crippen LogP contribution in [0.2, 0.25) is 0 Å². The lowest BCUT2D eigenvalue weighted by Gasteiger charge is -2.03. The van der Waals surface area contributed by atoms with Crippen molar-refractivity contribution in [1.29, 1.82) is 0 Å². The first-order valence-electron chi connectivity index (χ1n) is 5.73. The van der Waals surface area contributed by atoms with Crippen molar-refractivity contribution in [3.8, 4) is 5.75 Å². The molecule has 1 aromatic heterocycles. The van der Waals surface area contributed by atoms with Crippen molar-refractivity contribution in [2.45, 2.75) is 6.92 Å². The van der Waals surface area contributed by atoms with E-state index in [1.807, 2.05) is 42.6 Å². The highest BCUT2D eigenvalue weighted by Gasteiger charge is 2.05. The second kappa shape index (κ2) is 6.15. The first-order valence-corrected chi connectivity index (χ1v) is 6.61. The summed E-state index contributed by atoms with van der Waals surface area (Å²) in [5, 5.41) is 5.94. The molecule has 2 rings (SSSR count). The third-order valence-corrected chi connectivity index (χ3v) is 3.45. The Hall–Kier alpha value is -2.14. The fraction of sp³-hybridized carbons (Fsp3) is 0.143. The van der Waals surface area contributed by atoms with Crippen molar-refractivity contribution >= 4 is 23.0 Å². The van der Waals surface area contributed by atoms with E-state index in [0.717, 1.165) is 17.0 Å². The zero-order valence-corrected chi connectivity index (χ0v) is 11.5. The van der Waals surface area contributed by atoms with Crippen LogP contribution in [0.15, 0.2) is 46.9 Å². The molecule has 0 saturated heterocycles. The van der Waals surface area contributed by atoms with Crippen LogP contribution in [0.4, 0.5) is 0 Å². The Morgan fingerprint density at radius 1 is 1.26 bits per heavy atom. The zero-order valence-electron chi connectivity index (χ0n) is 10.7. The van der Waals surface area contributed by atoms with E-state index in [2.05, 4.69) is 10.5 Å². The molecule has 0 aliphatic heterocycles. The van der Waals surface area contributed by atoms with Gasteiger partial charge in [-0.2, -0.15) is 5.10 Å². The van der Waals surface area contributed by atoms with Crippen LogP contribution in [-0.2, 0) is 0 Å². The van der Waals surface area contributed by atoms with Crippen molar-refractivity contribution in [3.05, 3.63) is 52.2 Å². The van der Waals surface area contributed by atoms with Crippen LogP contribution >= 0.6 is 11.3 Å². The normalized spacial score (nSPS) is 11.2. The quantitative estimate of drug-likeness (QED) is 0.688. The highest BCUT2D eigenvalue weighted by Crippen LogP contribution is 2.12. The number of hydrogen-bond acceptors (Lipinski definition) is 4. The smallest absolute Gasteiger partial charge is 0.281 e. The van der Waals surface area contributed by atoms with E-state index < -0.39 is 0 Å². The number of hydrazone groups is 1. The number of nitrogens with one attached hydrogen (secondary N) is 1. The van der Waals surface area contributed by atoms with Crippen LogP contribution in [-0.4, -0.2) is 18.7 Å². The van der Waals surface area contributed by atoms with Gasteiger partial charge >= 0.3 is 0 Å². The lowest BCUT2D eigenvalue weighted by molar-refractivity contribution is 0.0959. The Morgan fingerprint density at radius 3 is 2.58 bits per heavy atom. The van der Waals surface area contributed by atoms with Crippen molar-refractivity contribution in [2.24, 2.45) is 5.10 Å². The SMILES string of the molecule is COc1ccc(C(C)=NNC(=O)c2cccs2)cc1. The first kappa shape index (κ1) is 13.3. The summed E-state index contributed by atoms with van der Waals surface area (Å²) < 4.78 is 5.09. The molecule has 1 aromatic carbocycles. The Bertz CT molecular complexity index is 574. The monoisotopic (exact) mass is 274 g/mol. The number of amides is 1. The van der Waals surface area contributed by atoms with Gasteiger partial charge in [-0.15, -0.1) is 11.3 Å². The second-order valence-electron chi connectivity index (χ2n) is 3.84. The summed E-state index contributed by atoms with van der Waals surface area (Å²) in [7, 11) is 1.62. The highest BCUT2D eigenvalue weighted by molar-refractivity contribution is 7.12. The second-order valence-corrected chi connectivity index (χ2v) is 4.79. The molecule has 0 bridgehead atoms. The molecule has 0 fully saturated rings. The fourth-order valence-corrected chi connectivity index (χ4v) is 2.11. The van der Waals surface area contributed by atoms with Crippen molar-refractivity contribution in [3.63, 3.8) is 0 Å². The predicted octanol–water partition coefficient (Wildman–Crippen LogP) is 2.91. The molecular formula is C14H14N2O2S. The molecule has 98 valence electrons. The number of carbonyl (C=O) groups is 1. The lowest BCUT2D eigenvalue weighted by Crippen LogP contribution is -2.18. The molecule has 1 N–H and O–H groups in total. The molecule has 4 nitrogen and oxygen atoms in total.